The number of thiol groups is 1. The third-order valence-electron chi connectivity index (χ3n) is 3.42. The summed E-state index contributed by atoms with van der Waals surface area (Å²) in [6.07, 6.45) is -0.224. The van der Waals surface area contributed by atoms with Gasteiger partial charge in [0.25, 0.3) is 10.9 Å². The summed E-state index contributed by atoms with van der Waals surface area (Å²) in [6.45, 7) is 0. The van der Waals surface area contributed by atoms with Crippen LogP contribution in [0.3, 0.4) is 0 Å². The second-order valence-electron chi connectivity index (χ2n) is 5.17. The molecule has 0 aliphatic carbocycles. The lowest BCUT2D eigenvalue weighted by Gasteiger charge is -2.19. The maximum Gasteiger partial charge on any atom is 0.292 e. The lowest BCUT2D eigenvalue weighted by atomic mass is 10.0. The maximum absolute atomic E-state index is 12.4. The van der Waals surface area contributed by atoms with Crippen LogP contribution in [0.5, 0.6) is 0 Å². The van der Waals surface area contributed by atoms with Crippen molar-refractivity contribution < 1.29 is 14.5 Å². The van der Waals surface area contributed by atoms with Crippen molar-refractivity contribution in [3.05, 3.63) is 68.2 Å². The molecule has 0 bridgehead atoms. The number of nitrogens with one attached hydrogen (secondary N) is 2. The molecule has 136 valence electrons. The number of anilines is 1. The van der Waals surface area contributed by atoms with Gasteiger partial charge in [0.1, 0.15) is 5.69 Å². The molecular formula is C16H13Cl2N3O4S. The SMILES string of the molecule is O=C(S)N[C@@H](CC(=O)Nc1ccccc1[N+](=O)[O-])c1cccc(Cl)c1Cl. The summed E-state index contributed by atoms with van der Waals surface area (Å²) >= 11 is 15.8. The van der Waals surface area contributed by atoms with E-state index in [1.807, 2.05) is 0 Å². The first-order valence-corrected chi connectivity index (χ1v) is 8.46. The molecule has 26 heavy (non-hydrogen) atoms. The van der Waals surface area contributed by atoms with Gasteiger partial charge >= 0.3 is 0 Å². The quantitative estimate of drug-likeness (QED) is 0.365. The van der Waals surface area contributed by atoms with Gasteiger partial charge in [-0.25, -0.2) is 0 Å². The van der Waals surface area contributed by atoms with Crippen LogP contribution in [0, 0.1) is 10.1 Å². The number of nitro benzene ring substituents is 1. The summed E-state index contributed by atoms with van der Waals surface area (Å²) in [5.74, 6) is -0.553. The van der Waals surface area contributed by atoms with Crippen LogP contribution in [0.1, 0.15) is 18.0 Å². The van der Waals surface area contributed by atoms with Crippen molar-refractivity contribution in [2.45, 2.75) is 12.5 Å². The Kier molecular flexibility index (Phi) is 6.84. The molecule has 10 heteroatoms. The van der Waals surface area contributed by atoms with E-state index in [-0.39, 0.29) is 27.8 Å². The molecule has 0 saturated carbocycles. The lowest BCUT2D eigenvalue weighted by molar-refractivity contribution is -0.383. The third-order valence-corrected chi connectivity index (χ3v) is 4.38. The molecule has 0 aromatic heterocycles. The van der Waals surface area contributed by atoms with Crippen molar-refractivity contribution in [3.8, 4) is 0 Å². The number of amides is 2. The number of benzene rings is 2. The molecule has 0 fully saturated rings. The van der Waals surface area contributed by atoms with Crippen molar-refractivity contribution in [1.82, 2.24) is 5.32 Å². The summed E-state index contributed by atoms with van der Waals surface area (Å²) < 4.78 is 0. The van der Waals surface area contributed by atoms with Gasteiger partial charge in [0, 0.05) is 6.07 Å². The highest BCUT2D eigenvalue weighted by Crippen LogP contribution is 2.32. The summed E-state index contributed by atoms with van der Waals surface area (Å²) in [4.78, 5) is 34.2. The van der Waals surface area contributed by atoms with Crippen molar-refractivity contribution >= 4 is 58.4 Å². The van der Waals surface area contributed by atoms with Crippen molar-refractivity contribution in [1.29, 1.82) is 0 Å². The smallest absolute Gasteiger partial charge is 0.292 e. The molecule has 0 heterocycles. The van der Waals surface area contributed by atoms with Gasteiger partial charge in [-0.3, -0.25) is 19.7 Å². The van der Waals surface area contributed by atoms with Gasteiger partial charge < -0.3 is 10.6 Å². The monoisotopic (exact) mass is 413 g/mol. The van der Waals surface area contributed by atoms with E-state index in [1.165, 1.54) is 18.2 Å². The van der Waals surface area contributed by atoms with Crippen LogP contribution in [0.2, 0.25) is 10.0 Å². The second kappa shape index (κ2) is 8.88. The first kappa shape index (κ1) is 20.0. The minimum atomic E-state index is -0.811. The third kappa shape index (κ3) is 5.10. The Morgan fingerprint density at radius 2 is 1.85 bits per heavy atom. The summed E-state index contributed by atoms with van der Waals surface area (Å²) in [6, 6.07) is 9.73. The highest BCUT2D eigenvalue weighted by Gasteiger charge is 2.22. The number of carbonyl (C=O) groups excluding carboxylic acids is 2. The van der Waals surface area contributed by atoms with Crippen molar-refractivity contribution in [3.63, 3.8) is 0 Å². The van der Waals surface area contributed by atoms with Gasteiger partial charge in [-0.1, -0.05) is 60.1 Å². The topological polar surface area (TPSA) is 101 Å². The Labute approximate surface area is 164 Å². The Hall–Kier alpha value is -2.29. The van der Waals surface area contributed by atoms with Gasteiger partial charge in [-0.05, 0) is 17.7 Å². The highest BCUT2D eigenvalue weighted by atomic mass is 35.5. The maximum atomic E-state index is 12.4. The molecule has 0 aliphatic rings. The Balaban J connectivity index is 2.24. The van der Waals surface area contributed by atoms with E-state index in [9.17, 15) is 19.7 Å². The molecule has 0 spiro atoms. The number of para-hydroxylation sites is 2. The molecule has 0 radical (unpaired) electrons. The zero-order valence-electron chi connectivity index (χ0n) is 13.1. The Morgan fingerprint density at radius 1 is 1.15 bits per heavy atom. The number of hydrogen-bond donors (Lipinski definition) is 3. The van der Waals surface area contributed by atoms with E-state index < -0.39 is 22.1 Å². The number of rotatable bonds is 6. The normalized spacial score (nSPS) is 11.5. The fraction of sp³-hybridized carbons (Fsp3) is 0.125. The number of carbonyl (C=O) groups is 2. The molecule has 0 aliphatic heterocycles. The predicted octanol–water partition coefficient (Wildman–Crippen LogP) is 4.61. The molecule has 2 aromatic rings. The van der Waals surface area contributed by atoms with Crippen molar-refractivity contribution in [2.75, 3.05) is 5.32 Å². The van der Waals surface area contributed by atoms with Crippen LogP contribution in [0.4, 0.5) is 16.2 Å². The summed E-state index contributed by atoms with van der Waals surface area (Å²) in [7, 11) is 0. The van der Waals surface area contributed by atoms with E-state index >= 15 is 0 Å². The first-order chi connectivity index (χ1) is 12.3. The molecule has 2 rings (SSSR count). The van der Waals surface area contributed by atoms with E-state index in [0.29, 0.717) is 5.56 Å². The van der Waals surface area contributed by atoms with Gasteiger partial charge in [0.05, 0.1) is 27.4 Å². The minimum Gasteiger partial charge on any atom is -0.340 e. The molecule has 7 nitrogen and oxygen atoms in total. The molecule has 1 atom stereocenters. The van der Waals surface area contributed by atoms with Crippen LogP contribution in [-0.2, 0) is 4.79 Å². The molecule has 0 saturated heterocycles. The number of nitro groups is 1. The van der Waals surface area contributed by atoms with Crippen LogP contribution in [0.25, 0.3) is 0 Å². The molecular weight excluding hydrogens is 401 g/mol. The fourth-order valence-electron chi connectivity index (χ4n) is 2.30. The van der Waals surface area contributed by atoms with E-state index in [1.54, 1.807) is 24.3 Å². The van der Waals surface area contributed by atoms with Gasteiger partial charge in [0.15, 0.2) is 0 Å². The van der Waals surface area contributed by atoms with Crippen LogP contribution < -0.4 is 10.6 Å². The molecule has 2 aromatic carbocycles. The summed E-state index contributed by atoms with van der Waals surface area (Å²) in [5.41, 5.74) is 0.242. The van der Waals surface area contributed by atoms with Crippen molar-refractivity contribution in [2.24, 2.45) is 0 Å². The number of halogens is 2. The van der Waals surface area contributed by atoms with Crippen LogP contribution in [0.15, 0.2) is 42.5 Å². The van der Waals surface area contributed by atoms with Gasteiger partial charge in [-0.2, -0.15) is 0 Å². The predicted molar refractivity (Wildman–Crippen MR) is 103 cm³/mol. The average Bonchev–Trinajstić information content (AvgIpc) is 2.56. The fourth-order valence-corrected chi connectivity index (χ4v) is 2.90. The lowest BCUT2D eigenvalue weighted by Crippen LogP contribution is -2.28. The van der Waals surface area contributed by atoms with Crippen LogP contribution in [-0.4, -0.2) is 16.1 Å². The zero-order valence-corrected chi connectivity index (χ0v) is 15.5. The number of hydrogen-bond acceptors (Lipinski definition) is 4. The molecule has 2 N–H and O–H groups in total. The largest absolute Gasteiger partial charge is 0.340 e. The highest BCUT2D eigenvalue weighted by molar-refractivity contribution is 7.96. The standard InChI is InChI=1S/C16H13Cl2N3O4S/c17-10-5-3-4-9(15(10)18)12(20-16(23)26)8-14(22)19-11-6-1-2-7-13(11)21(24)25/h1-7,12H,8H2,(H,19,22)(H2,20,23,26)/t12-/m0/s1. The second-order valence-corrected chi connectivity index (χ2v) is 6.36. The molecule has 2 amide bonds. The van der Waals surface area contributed by atoms with E-state index in [0.717, 1.165) is 0 Å². The Bertz CT molecular complexity index is 863. The van der Waals surface area contributed by atoms with Gasteiger partial charge in [0.2, 0.25) is 5.91 Å². The van der Waals surface area contributed by atoms with E-state index in [4.69, 9.17) is 23.2 Å². The van der Waals surface area contributed by atoms with Crippen LogP contribution >= 0.6 is 35.8 Å². The first-order valence-electron chi connectivity index (χ1n) is 7.26. The minimum absolute atomic E-state index is 0.0515. The average molecular weight is 414 g/mol. The summed E-state index contributed by atoms with van der Waals surface area (Å²) in [5, 5.41) is 15.8. The van der Waals surface area contributed by atoms with E-state index in [2.05, 4.69) is 23.3 Å². The zero-order chi connectivity index (χ0) is 19.3. The van der Waals surface area contributed by atoms with Gasteiger partial charge in [-0.15, -0.1) is 0 Å². The molecule has 0 unspecified atom stereocenters. The Morgan fingerprint density at radius 3 is 2.50 bits per heavy atom. The number of nitrogens with zero attached hydrogens (tertiary/aromatic N) is 1.